The number of carbonyl (C=O) groups is 1. The summed E-state index contributed by atoms with van der Waals surface area (Å²) in [5.41, 5.74) is 0. The minimum absolute atomic E-state index is 0.228. The second-order valence-corrected chi connectivity index (χ2v) is 9.50. The molecule has 0 aromatic carbocycles. The first-order valence-electron chi connectivity index (χ1n) is 7.64. The number of carbonyl (C=O) groups excluding carboxylic acids is 1. The molecule has 0 fully saturated rings. The van der Waals surface area contributed by atoms with Gasteiger partial charge in [0.05, 0.1) is 12.2 Å². The van der Waals surface area contributed by atoms with Crippen LogP contribution in [0.15, 0.2) is 0 Å². The van der Waals surface area contributed by atoms with Crippen molar-refractivity contribution >= 4 is 62.7 Å². The van der Waals surface area contributed by atoms with Gasteiger partial charge in [0.25, 0.3) is 0 Å². The summed E-state index contributed by atoms with van der Waals surface area (Å²) < 4.78 is 101. The molecule has 0 amide bonds. The highest BCUT2D eigenvalue weighted by Crippen LogP contribution is 2.46. The Kier molecular flexibility index (Phi) is 11.0. The smallest absolute Gasteiger partial charge is 0.460 e. The number of halogens is 7. The van der Waals surface area contributed by atoms with E-state index >= 15 is 0 Å². The number of hydrogen-bond acceptors (Lipinski definition) is 8. The van der Waals surface area contributed by atoms with Crippen molar-refractivity contribution in [1.29, 1.82) is 0 Å². The van der Waals surface area contributed by atoms with Crippen molar-refractivity contribution in [2.45, 2.75) is 62.5 Å². The third-order valence-electron chi connectivity index (χ3n) is 2.47. The Hall–Kier alpha value is -0.540. The van der Waals surface area contributed by atoms with Crippen LogP contribution in [0.2, 0.25) is 0 Å². The maximum atomic E-state index is 13.3. The normalized spacial score (nSPS) is 13.0. The molecule has 0 unspecified atom stereocenters. The number of esters is 1. The lowest BCUT2D eigenvalue weighted by atomic mass is 10.2. The molecule has 0 aliphatic rings. The van der Waals surface area contributed by atoms with E-state index < -0.39 is 47.4 Å². The topological polar surface area (TPSA) is 44.8 Å². The van der Waals surface area contributed by atoms with Crippen LogP contribution in [0.4, 0.5) is 30.7 Å². The minimum Gasteiger partial charge on any atom is -0.476 e. The quantitative estimate of drug-likeness (QED) is 0.182. The van der Waals surface area contributed by atoms with Gasteiger partial charge in [-0.05, 0) is 75.7 Å². The molecule has 4 nitrogen and oxygen atoms in total. The number of alkyl halides is 7. The van der Waals surface area contributed by atoms with E-state index in [4.69, 9.17) is 33.9 Å². The molecule has 0 aromatic heterocycles. The number of ether oxygens (including phenoxy) is 3. The van der Waals surface area contributed by atoms with Gasteiger partial charge in [0.2, 0.25) is 8.77 Å². The molecule has 0 aliphatic heterocycles. The monoisotopic (exact) mass is 510 g/mol. The highest BCUT2D eigenvalue weighted by atomic mass is 32.2. The molecule has 0 saturated heterocycles. The van der Waals surface area contributed by atoms with Gasteiger partial charge >= 0.3 is 24.0 Å². The van der Waals surface area contributed by atoms with Crippen LogP contribution in [0.3, 0.4) is 0 Å². The highest BCUT2D eigenvalue weighted by molar-refractivity contribution is 8.36. The van der Waals surface area contributed by atoms with Crippen molar-refractivity contribution in [3.63, 3.8) is 0 Å². The first-order valence-corrected chi connectivity index (χ1v) is 10.2. The highest BCUT2D eigenvalue weighted by Gasteiger charge is 2.73. The van der Waals surface area contributed by atoms with Crippen LogP contribution < -0.4 is 0 Å². The zero-order chi connectivity index (χ0) is 23.2. The minimum atomic E-state index is -6.54. The second kappa shape index (κ2) is 11.2. The van der Waals surface area contributed by atoms with Crippen molar-refractivity contribution < 1.29 is 49.7 Å². The van der Waals surface area contributed by atoms with Gasteiger partial charge in [-0.2, -0.15) is 30.7 Å². The molecule has 0 N–H and O–H groups in total. The Labute approximate surface area is 181 Å². The fraction of sp³-hybridized carbons (Fsp3) is 0.786. The van der Waals surface area contributed by atoms with Crippen LogP contribution in [-0.4, -0.2) is 56.2 Å². The predicted octanol–water partition coefficient (Wildman–Crippen LogP) is 5.57. The average molecular weight is 511 g/mol. The lowest BCUT2D eigenvalue weighted by molar-refractivity contribution is -0.359. The molecule has 0 rings (SSSR count). The first-order chi connectivity index (χ1) is 12.9. The fourth-order valence-electron chi connectivity index (χ4n) is 1.26. The van der Waals surface area contributed by atoms with E-state index in [0.717, 1.165) is 0 Å². The molecule has 0 heterocycles. The van der Waals surface area contributed by atoms with E-state index in [0.29, 0.717) is 23.5 Å². The summed E-state index contributed by atoms with van der Waals surface area (Å²) in [5, 5.41) is 0. The third kappa shape index (κ3) is 9.42. The second-order valence-electron chi connectivity index (χ2n) is 5.79. The lowest BCUT2D eigenvalue weighted by Crippen LogP contribution is -2.54. The molecule has 0 saturated carbocycles. The van der Waals surface area contributed by atoms with Crippen LogP contribution in [0.25, 0.3) is 0 Å². The fourth-order valence-corrected chi connectivity index (χ4v) is 4.48. The molecule has 0 bridgehead atoms. The first kappa shape index (κ1) is 28.5. The number of hydrogen-bond donors (Lipinski definition) is 0. The maximum Gasteiger partial charge on any atom is 0.460 e. The Balaban J connectivity index is 5.28. The predicted molar refractivity (Wildman–Crippen MR) is 104 cm³/mol. The van der Waals surface area contributed by atoms with Gasteiger partial charge in [0.15, 0.2) is 11.2 Å². The zero-order valence-corrected chi connectivity index (χ0v) is 18.6. The van der Waals surface area contributed by atoms with Crippen LogP contribution in [-0.2, 0) is 19.0 Å². The maximum absolute atomic E-state index is 13.3. The molecule has 0 radical (unpaired) electrons. The van der Waals surface area contributed by atoms with E-state index in [2.05, 4.69) is 4.74 Å². The van der Waals surface area contributed by atoms with E-state index in [1.165, 1.54) is 0 Å². The van der Waals surface area contributed by atoms with Gasteiger partial charge < -0.3 is 14.2 Å². The van der Waals surface area contributed by atoms with Gasteiger partial charge in [0, 0.05) is 0 Å². The Morgan fingerprint density at radius 2 is 1.24 bits per heavy atom. The Morgan fingerprint density at radius 1 is 0.862 bits per heavy atom. The van der Waals surface area contributed by atoms with E-state index in [1.54, 1.807) is 27.7 Å². The molecular formula is C14H17F7O4S4. The summed E-state index contributed by atoms with van der Waals surface area (Å²) in [6.45, 7) is 3.88. The standard InChI is InChI=1S/C14H17F7O4S4/c1-6(2)24-10(26)28-9(29-11(27)25-7(3)4)8(22)23-5-12(15,16)13(17,18)14(19,20)21/h6-7,9H,5H2,1-4H3. The van der Waals surface area contributed by atoms with Gasteiger partial charge in [-0.15, -0.1) is 0 Å². The number of rotatable bonds is 8. The van der Waals surface area contributed by atoms with Crippen molar-refractivity contribution in [3.8, 4) is 0 Å². The summed E-state index contributed by atoms with van der Waals surface area (Å²) in [4.78, 5) is 12.1. The van der Waals surface area contributed by atoms with Crippen molar-refractivity contribution in [1.82, 2.24) is 0 Å². The number of thiocarbonyl (C=S) groups is 2. The van der Waals surface area contributed by atoms with Gasteiger partial charge in [-0.1, -0.05) is 0 Å². The van der Waals surface area contributed by atoms with Crippen molar-refractivity contribution in [2.24, 2.45) is 0 Å². The summed E-state index contributed by atoms with van der Waals surface area (Å²) in [6.07, 6.45) is -7.36. The average Bonchev–Trinajstić information content (AvgIpc) is 2.49. The summed E-state index contributed by atoms with van der Waals surface area (Å²) >= 11 is 10.7. The zero-order valence-electron chi connectivity index (χ0n) is 15.4. The summed E-state index contributed by atoms with van der Waals surface area (Å²) in [7, 11) is 0. The van der Waals surface area contributed by atoms with E-state index in [1.807, 2.05) is 0 Å². The molecule has 0 aromatic rings. The van der Waals surface area contributed by atoms with Crippen molar-refractivity contribution in [2.75, 3.05) is 6.61 Å². The number of thioether (sulfide) groups is 2. The van der Waals surface area contributed by atoms with Gasteiger partial charge in [-0.25, -0.2) is 4.79 Å². The SMILES string of the molecule is CC(C)OC(=S)SC(SC(=S)OC(C)C)C(=O)OCC(F)(F)C(F)(F)C(F)(F)F. The van der Waals surface area contributed by atoms with E-state index in [-0.39, 0.29) is 8.77 Å². The molecule has 170 valence electrons. The molecule has 29 heavy (non-hydrogen) atoms. The van der Waals surface area contributed by atoms with Crippen molar-refractivity contribution in [3.05, 3.63) is 0 Å². The molecule has 0 atom stereocenters. The van der Waals surface area contributed by atoms with Crippen LogP contribution in [0, 0.1) is 0 Å². The van der Waals surface area contributed by atoms with Crippen LogP contribution in [0.1, 0.15) is 27.7 Å². The van der Waals surface area contributed by atoms with Crippen LogP contribution >= 0.6 is 48.0 Å². The summed E-state index contributed by atoms with van der Waals surface area (Å²) in [6, 6.07) is 0. The van der Waals surface area contributed by atoms with Gasteiger partial charge in [0.1, 0.15) is 0 Å². The Morgan fingerprint density at radius 3 is 1.55 bits per heavy atom. The van der Waals surface area contributed by atoms with E-state index in [9.17, 15) is 35.5 Å². The third-order valence-corrected chi connectivity index (χ3v) is 5.21. The van der Waals surface area contributed by atoms with Crippen LogP contribution in [0.5, 0.6) is 0 Å². The largest absolute Gasteiger partial charge is 0.476 e. The lowest BCUT2D eigenvalue weighted by Gasteiger charge is -2.28. The van der Waals surface area contributed by atoms with Gasteiger partial charge in [-0.3, -0.25) is 0 Å². The Bertz CT molecular complexity index is 573. The summed E-state index contributed by atoms with van der Waals surface area (Å²) in [5.74, 6) is -13.7. The molecule has 15 heteroatoms. The molecule has 0 aliphatic carbocycles. The molecule has 0 spiro atoms. The molecular weight excluding hydrogens is 493 g/mol.